The summed E-state index contributed by atoms with van der Waals surface area (Å²) in [7, 11) is -1.64. The number of carboxylic acids is 1. The SMILES string of the molecule is CCC(C(=O)O)S(=O)Cc1ccc(F)c(F)c1. The van der Waals surface area contributed by atoms with Crippen molar-refractivity contribution in [3.63, 3.8) is 0 Å². The highest BCUT2D eigenvalue weighted by atomic mass is 32.2. The van der Waals surface area contributed by atoms with Crippen LogP contribution < -0.4 is 0 Å². The van der Waals surface area contributed by atoms with Crippen molar-refractivity contribution in [2.45, 2.75) is 24.3 Å². The Morgan fingerprint density at radius 2 is 2.06 bits per heavy atom. The lowest BCUT2D eigenvalue weighted by Crippen LogP contribution is -2.25. The second-order valence-electron chi connectivity index (χ2n) is 3.51. The Balaban J connectivity index is 2.80. The van der Waals surface area contributed by atoms with Gasteiger partial charge in [0.1, 0.15) is 5.25 Å². The van der Waals surface area contributed by atoms with Gasteiger partial charge >= 0.3 is 5.97 Å². The van der Waals surface area contributed by atoms with Crippen molar-refractivity contribution in [3.8, 4) is 0 Å². The van der Waals surface area contributed by atoms with E-state index >= 15 is 0 Å². The van der Waals surface area contributed by atoms with Crippen molar-refractivity contribution in [2.24, 2.45) is 0 Å². The first-order valence-electron chi connectivity index (χ1n) is 4.99. The molecule has 0 fully saturated rings. The maximum atomic E-state index is 12.9. The zero-order valence-electron chi connectivity index (χ0n) is 9.15. The summed E-state index contributed by atoms with van der Waals surface area (Å²) in [5.41, 5.74) is 0.321. The summed E-state index contributed by atoms with van der Waals surface area (Å²) < 4.78 is 37.2. The predicted molar refractivity (Wildman–Crippen MR) is 59.9 cm³/mol. The van der Waals surface area contributed by atoms with Gasteiger partial charge in [0.25, 0.3) is 0 Å². The van der Waals surface area contributed by atoms with Gasteiger partial charge in [-0.1, -0.05) is 13.0 Å². The molecule has 0 aromatic heterocycles. The van der Waals surface area contributed by atoms with E-state index in [1.165, 1.54) is 6.07 Å². The zero-order chi connectivity index (χ0) is 13.0. The zero-order valence-corrected chi connectivity index (χ0v) is 9.97. The molecule has 0 heterocycles. The predicted octanol–water partition coefficient (Wildman–Crippen LogP) is 2.08. The van der Waals surface area contributed by atoms with Crippen LogP contribution in [0.5, 0.6) is 0 Å². The van der Waals surface area contributed by atoms with Gasteiger partial charge in [-0.25, -0.2) is 8.78 Å². The molecule has 0 aliphatic rings. The molecular weight excluding hydrogens is 250 g/mol. The third-order valence-corrected chi connectivity index (χ3v) is 4.04. The van der Waals surface area contributed by atoms with Crippen LogP contribution in [-0.4, -0.2) is 20.5 Å². The van der Waals surface area contributed by atoms with Gasteiger partial charge in [-0.15, -0.1) is 0 Å². The molecule has 94 valence electrons. The second-order valence-corrected chi connectivity index (χ2v) is 5.13. The molecule has 17 heavy (non-hydrogen) atoms. The van der Waals surface area contributed by atoms with Crippen molar-refractivity contribution >= 4 is 16.8 Å². The molecule has 0 aliphatic heterocycles. The van der Waals surface area contributed by atoms with Crippen molar-refractivity contribution < 1.29 is 22.9 Å². The van der Waals surface area contributed by atoms with Crippen LogP contribution in [0.2, 0.25) is 0 Å². The monoisotopic (exact) mass is 262 g/mol. The normalized spacial score (nSPS) is 14.3. The number of rotatable bonds is 5. The van der Waals surface area contributed by atoms with Gasteiger partial charge in [-0.3, -0.25) is 9.00 Å². The summed E-state index contributed by atoms with van der Waals surface area (Å²) in [6, 6.07) is 3.16. The summed E-state index contributed by atoms with van der Waals surface area (Å²) in [4.78, 5) is 10.8. The fourth-order valence-corrected chi connectivity index (χ4v) is 2.67. The molecule has 0 saturated carbocycles. The average molecular weight is 262 g/mol. The number of benzene rings is 1. The molecule has 0 amide bonds. The van der Waals surface area contributed by atoms with Crippen molar-refractivity contribution in [3.05, 3.63) is 35.4 Å². The van der Waals surface area contributed by atoms with Crippen LogP contribution >= 0.6 is 0 Å². The van der Waals surface area contributed by atoms with Crippen LogP contribution in [0, 0.1) is 11.6 Å². The topological polar surface area (TPSA) is 54.4 Å². The smallest absolute Gasteiger partial charge is 0.319 e. The van der Waals surface area contributed by atoms with Gasteiger partial charge in [-0.2, -0.15) is 0 Å². The largest absolute Gasteiger partial charge is 0.480 e. The van der Waals surface area contributed by atoms with Gasteiger partial charge in [0.15, 0.2) is 11.6 Å². The highest BCUT2D eigenvalue weighted by Crippen LogP contribution is 2.13. The minimum absolute atomic E-state index is 0.0952. The van der Waals surface area contributed by atoms with E-state index < -0.39 is 33.7 Å². The maximum Gasteiger partial charge on any atom is 0.319 e. The standard InChI is InChI=1S/C11H12F2O3S/c1-2-10(11(14)15)17(16)6-7-3-4-8(12)9(13)5-7/h3-5,10H,2,6H2,1H3,(H,14,15). The minimum atomic E-state index is -1.64. The third kappa shape index (κ3) is 3.59. The Morgan fingerprint density at radius 3 is 2.53 bits per heavy atom. The molecule has 2 atom stereocenters. The molecule has 0 saturated heterocycles. The number of carboxylic acid groups (broad SMARTS) is 1. The Hall–Kier alpha value is -1.30. The van der Waals surface area contributed by atoms with E-state index in [0.717, 1.165) is 12.1 Å². The van der Waals surface area contributed by atoms with Gasteiger partial charge in [0, 0.05) is 16.6 Å². The lowest BCUT2D eigenvalue weighted by molar-refractivity contribution is -0.136. The summed E-state index contributed by atoms with van der Waals surface area (Å²) in [5.74, 6) is -3.25. The molecule has 0 bridgehead atoms. The molecule has 0 aliphatic carbocycles. The Kier molecular flexibility index (Phi) is 4.74. The number of halogens is 2. The van der Waals surface area contributed by atoms with E-state index in [0.29, 0.717) is 5.56 Å². The van der Waals surface area contributed by atoms with Crippen LogP contribution in [0.4, 0.5) is 8.78 Å². The molecule has 1 aromatic rings. The number of hydrogen-bond donors (Lipinski definition) is 1. The molecule has 1 rings (SSSR count). The van der Waals surface area contributed by atoms with Crippen LogP contribution in [0.25, 0.3) is 0 Å². The Labute approximate surface area is 99.9 Å². The molecule has 1 N–H and O–H groups in total. The Bertz CT molecular complexity index is 448. The fraction of sp³-hybridized carbons (Fsp3) is 0.364. The summed E-state index contributed by atoms with van der Waals surface area (Å²) in [5, 5.41) is 7.81. The van der Waals surface area contributed by atoms with E-state index in [1.807, 2.05) is 0 Å². The molecular formula is C11H12F2O3S. The van der Waals surface area contributed by atoms with E-state index in [-0.39, 0.29) is 12.2 Å². The lowest BCUT2D eigenvalue weighted by atomic mass is 10.2. The quantitative estimate of drug-likeness (QED) is 0.883. The molecule has 3 nitrogen and oxygen atoms in total. The van der Waals surface area contributed by atoms with Gasteiger partial charge in [-0.05, 0) is 24.1 Å². The Morgan fingerprint density at radius 1 is 1.41 bits per heavy atom. The van der Waals surface area contributed by atoms with E-state index in [2.05, 4.69) is 0 Å². The van der Waals surface area contributed by atoms with Crippen LogP contribution in [0.3, 0.4) is 0 Å². The summed E-state index contributed by atoms with van der Waals surface area (Å²) in [6.07, 6.45) is 0.228. The van der Waals surface area contributed by atoms with Gasteiger partial charge in [0.05, 0.1) is 0 Å². The maximum absolute atomic E-state index is 12.9. The van der Waals surface area contributed by atoms with E-state index in [4.69, 9.17) is 5.11 Å². The number of hydrogen-bond acceptors (Lipinski definition) is 2. The second kappa shape index (κ2) is 5.86. The highest BCUT2D eigenvalue weighted by molar-refractivity contribution is 7.85. The molecule has 0 radical (unpaired) electrons. The lowest BCUT2D eigenvalue weighted by Gasteiger charge is -2.09. The van der Waals surface area contributed by atoms with Crippen molar-refractivity contribution in [2.75, 3.05) is 0 Å². The molecule has 0 spiro atoms. The van der Waals surface area contributed by atoms with E-state index in [1.54, 1.807) is 6.92 Å². The fourth-order valence-electron chi connectivity index (χ4n) is 1.37. The minimum Gasteiger partial charge on any atom is -0.480 e. The summed E-state index contributed by atoms with van der Waals surface area (Å²) >= 11 is 0. The van der Waals surface area contributed by atoms with E-state index in [9.17, 15) is 17.8 Å². The third-order valence-electron chi connectivity index (χ3n) is 2.26. The first kappa shape index (κ1) is 13.8. The molecule has 1 aromatic carbocycles. The average Bonchev–Trinajstić information content (AvgIpc) is 2.24. The van der Waals surface area contributed by atoms with Crippen molar-refractivity contribution in [1.82, 2.24) is 0 Å². The van der Waals surface area contributed by atoms with Crippen LogP contribution in [0.1, 0.15) is 18.9 Å². The highest BCUT2D eigenvalue weighted by Gasteiger charge is 2.22. The number of aliphatic carboxylic acids is 1. The van der Waals surface area contributed by atoms with Gasteiger partial charge in [0.2, 0.25) is 0 Å². The summed E-state index contributed by atoms with van der Waals surface area (Å²) in [6.45, 7) is 1.61. The van der Waals surface area contributed by atoms with Crippen LogP contribution in [-0.2, 0) is 21.3 Å². The van der Waals surface area contributed by atoms with Gasteiger partial charge < -0.3 is 5.11 Å². The molecule has 2 unspecified atom stereocenters. The van der Waals surface area contributed by atoms with Crippen LogP contribution in [0.15, 0.2) is 18.2 Å². The first-order chi connectivity index (χ1) is 7.95. The number of carbonyl (C=O) groups is 1. The molecule has 6 heteroatoms. The first-order valence-corrected chi connectivity index (χ1v) is 6.37. The van der Waals surface area contributed by atoms with Crippen molar-refractivity contribution in [1.29, 1.82) is 0 Å².